The highest BCUT2D eigenvalue weighted by atomic mass is 79.9. The molecule has 92 valence electrons. The molecule has 2 nitrogen and oxygen atoms in total. The Hall–Kier alpha value is -0.230. The van der Waals surface area contributed by atoms with E-state index in [-0.39, 0.29) is 6.04 Å². The van der Waals surface area contributed by atoms with Gasteiger partial charge < -0.3 is 5.73 Å². The van der Waals surface area contributed by atoms with Gasteiger partial charge >= 0.3 is 0 Å². The lowest BCUT2D eigenvalue weighted by Gasteiger charge is -2.06. The number of aromatic nitrogens is 1. The Kier molecular flexibility index (Phi) is 4.02. The molecule has 2 aromatic rings. The van der Waals surface area contributed by atoms with Crippen LogP contribution in [0.3, 0.4) is 0 Å². The quantitative estimate of drug-likeness (QED) is 0.918. The highest BCUT2D eigenvalue weighted by molar-refractivity contribution is 9.11. The number of nitrogens with two attached hydrogens (primary N) is 1. The predicted octanol–water partition coefficient (Wildman–Crippen LogP) is 4.13. The highest BCUT2D eigenvalue weighted by Crippen LogP contribution is 2.32. The molecule has 0 saturated heterocycles. The summed E-state index contributed by atoms with van der Waals surface area (Å²) in [6.07, 6.45) is 0.825. The van der Waals surface area contributed by atoms with Crippen molar-refractivity contribution < 1.29 is 0 Å². The Balaban J connectivity index is 2.13. The molecule has 0 aliphatic carbocycles. The van der Waals surface area contributed by atoms with Gasteiger partial charge in [-0.25, -0.2) is 4.98 Å². The molecular weight excluding hydrogens is 316 g/mol. The third kappa shape index (κ3) is 2.96. The number of hydrogen-bond acceptors (Lipinski definition) is 4. The average molecular weight is 331 g/mol. The Labute approximate surface area is 118 Å². The summed E-state index contributed by atoms with van der Waals surface area (Å²) in [5.74, 6) is 0. The van der Waals surface area contributed by atoms with Crippen molar-refractivity contribution in [2.45, 2.75) is 33.2 Å². The summed E-state index contributed by atoms with van der Waals surface area (Å²) in [7, 11) is 0. The van der Waals surface area contributed by atoms with Crippen molar-refractivity contribution in [3.05, 3.63) is 35.9 Å². The zero-order valence-electron chi connectivity index (χ0n) is 10.1. The van der Waals surface area contributed by atoms with Crippen LogP contribution in [0.1, 0.15) is 32.1 Å². The molecule has 5 heteroatoms. The number of aryl methyl sites for hydroxylation is 3. The van der Waals surface area contributed by atoms with Crippen LogP contribution >= 0.6 is 38.6 Å². The maximum absolute atomic E-state index is 6.22. The second-order valence-corrected chi connectivity index (χ2v) is 7.85. The zero-order valence-corrected chi connectivity index (χ0v) is 13.3. The third-order valence-corrected chi connectivity index (χ3v) is 6.07. The topological polar surface area (TPSA) is 38.9 Å². The summed E-state index contributed by atoms with van der Waals surface area (Å²) in [5, 5.41) is 1.13. The molecule has 17 heavy (non-hydrogen) atoms. The number of thiophene rings is 1. The summed E-state index contributed by atoms with van der Waals surface area (Å²) in [4.78, 5) is 7.05. The van der Waals surface area contributed by atoms with Crippen LogP contribution in [0, 0.1) is 20.8 Å². The van der Waals surface area contributed by atoms with Gasteiger partial charge in [-0.2, -0.15) is 0 Å². The summed E-state index contributed by atoms with van der Waals surface area (Å²) >= 11 is 7.01. The summed E-state index contributed by atoms with van der Waals surface area (Å²) < 4.78 is 1.18. The van der Waals surface area contributed by atoms with Crippen molar-refractivity contribution in [3.63, 3.8) is 0 Å². The van der Waals surface area contributed by atoms with E-state index in [2.05, 4.69) is 40.8 Å². The minimum Gasteiger partial charge on any atom is -0.323 e. The molecule has 0 fully saturated rings. The van der Waals surface area contributed by atoms with Crippen molar-refractivity contribution in [2.75, 3.05) is 0 Å². The molecular formula is C12H15BrN2S2. The maximum Gasteiger partial charge on any atom is 0.0950 e. The van der Waals surface area contributed by atoms with Crippen LogP contribution in [0.5, 0.6) is 0 Å². The van der Waals surface area contributed by atoms with E-state index in [1.165, 1.54) is 19.1 Å². The fraction of sp³-hybridized carbons (Fsp3) is 0.417. The Bertz CT molecular complexity index is 492. The first-order valence-corrected chi connectivity index (χ1v) is 7.84. The fourth-order valence-corrected chi connectivity index (χ4v) is 4.15. The van der Waals surface area contributed by atoms with E-state index >= 15 is 0 Å². The van der Waals surface area contributed by atoms with Crippen molar-refractivity contribution >= 4 is 38.6 Å². The highest BCUT2D eigenvalue weighted by Gasteiger charge is 2.14. The van der Waals surface area contributed by atoms with Gasteiger partial charge in [-0.15, -0.1) is 22.7 Å². The third-order valence-electron chi connectivity index (χ3n) is 2.71. The molecule has 0 saturated carbocycles. The summed E-state index contributed by atoms with van der Waals surface area (Å²) in [6, 6.07) is 2.21. The largest absolute Gasteiger partial charge is 0.323 e. The van der Waals surface area contributed by atoms with Crippen LogP contribution in [-0.4, -0.2) is 4.98 Å². The lowest BCUT2D eigenvalue weighted by molar-refractivity contribution is 0.730. The van der Waals surface area contributed by atoms with E-state index in [1.54, 1.807) is 22.7 Å². The van der Waals surface area contributed by atoms with Gasteiger partial charge in [-0.3, -0.25) is 0 Å². The summed E-state index contributed by atoms with van der Waals surface area (Å²) in [6.45, 7) is 6.25. The summed E-state index contributed by atoms with van der Waals surface area (Å²) in [5.41, 5.74) is 8.61. The van der Waals surface area contributed by atoms with Crippen LogP contribution in [0.2, 0.25) is 0 Å². The second-order valence-electron chi connectivity index (χ2n) is 4.17. The first-order valence-electron chi connectivity index (χ1n) is 5.41. The van der Waals surface area contributed by atoms with Crippen LogP contribution < -0.4 is 5.73 Å². The van der Waals surface area contributed by atoms with E-state index in [0.717, 1.165) is 17.1 Å². The van der Waals surface area contributed by atoms with Gasteiger partial charge in [-0.05, 0) is 48.3 Å². The van der Waals surface area contributed by atoms with Crippen LogP contribution in [0.4, 0.5) is 0 Å². The molecule has 0 spiro atoms. The lowest BCUT2D eigenvalue weighted by Crippen LogP contribution is -2.11. The van der Waals surface area contributed by atoms with Crippen molar-refractivity contribution in [3.8, 4) is 0 Å². The molecule has 2 aromatic heterocycles. The number of thiazole rings is 1. The molecule has 0 aliphatic heterocycles. The van der Waals surface area contributed by atoms with Gasteiger partial charge in [0.15, 0.2) is 0 Å². The predicted molar refractivity (Wildman–Crippen MR) is 79.0 cm³/mol. The normalized spacial score (nSPS) is 13.0. The van der Waals surface area contributed by atoms with Gasteiger partial charge in [0.2, 0.25) is 0 Å². The number of halogens is 1. The molecule has 1 atom stereocenters. The minimum absolute atomic E-state index is 0.0509. The molecule has 2 heterocycles. The zero-order chi connectivity index (χ0) is 12.6. The van der Waals surface area contributed by atoms with Crippen LogP contribution in [0.15, 0.2) is 9.85 Å². The van der Waals surface area contributed by atoms with E-state index in [4.69, 9.17) is 5.73 Å². The van der Waals surface area contributed by atoms with Gasteiger partial charge in [0.05, 0.1) is 14.5 Å². The fourth-order valence-electron chi connectivity index (χ4n) is 1.58. The van der Waals surface area contributed by atoms with E-state index in [0.29, 0.717) is 0 Å². The minimum atomic E-state index is 0.0509. The van der Waals surface area contributed by atoms with Crippen LogP contribution in [-0.2, 0) is 6.42 Å². The monoisotopic (exact) mass is 330 g/mol. The lowest BCUT2D eigenvalue weighted by atomic mass is 10.2. The van der Waals surface area contributed by atoms with Crippen molar-refractivity contribution in [2.24, 2.45) is 5.73 Å². The molecule has 0 aliphatic rings. The Morgan fingerprint density at radius 1 is 1.35 bits per heavy atom. The molecule has 0 aromatic carbocycles. The van der Waals surface area contributed by atoms with E-state index in [1.807, 2.05) is 6.92 Å². The Morgan fingerprint density at radius 2 is 2.06 bits per heavy atom. The SMILES string of the molecule is Cc1cc(C(N)Cc2nc(C)c(C)s2)sc1Br. The molecule has 1 unspecified atom stereocenters. The Morgan fingerprint density at radius 3 is 2.53 bits per heavy atom. The van der Waals surface area contributed by atoms with Crippen molar-refractivity contribution in [1.29, 1.82) is 0 Å². The first kappa shape index (κ1) is 13.2. The second kappa shape index (κ2) is 5.18. The van der Waals surface area contributed by atoms with Gasteiger partial charge in [0, 0.05) is 22.2 Å². The van der Waals surface area contributed by atoms with Gasteiger partial charge in [0.1, 0.15) is 0 Å². The van der Waals surface area contributed by atoms with Crippen molar-refractivity contribution in [1.82, 2.24) is 4.98 Å². The van der Waals surface area contributed by atoms with Crippen LogP contribution in [0.25, 0.3) is 0 Å². The first-order chi connectivity index (χ1) is 7.97. The van der Waals surface area contributed by atoms with E-state index in [9.17, 15) is 0 Å². The number of rotatable bonds is 3. The molecule has 2 N–H and O–H groups in total. The molecule has 0 amide bonds. The maximum atomic E-state index is 6.22. The average Bonchev–Trinajstić information content (AvgIpc) is 2.73. The molecule has 0 bridgehead atoms. The molecule has 2 rings (SSSR count). The van der Waals surface area contributed by atoms with E-state index < -0.39 is 0 Å². The molecule has 0 radical (unpaired) electrons. The number of hydrogen-bond donors (Lipinski definition) is 1. The smallest absolute Gasteiger partial charge is 0.0950 e. The van der Waals surface area contributed by atoms with Gasteiger partial charge in [0.25, 0.3) is 0 Å². The standard InChI is InChI=1S/C12H15BrN2S2/c1-6-4-10(17-12(6)13)9(14)5-11-15-7(2)8(3)16-11/h4,9H,5,14H2,1-3H3. The van der Waals surface area contributed by atoms with Gasteiger partial charge in [-0.1, -0.05) is 0 Å². The number of nitrogens with zero attached hydrogens (tertiary/aromatic N) is 1.